The lowest BCUT2D eigenvalue weighted by atomic mass is 9.77. The van der Waals surface area contributed by atoms with Gasteiger partial charge in [-0.05, 0) is 19.3 Å². The molecule has 0 aromatic carbocycles. The SMILES string of the molecule is COCCNC1(CN)CCC1. The molecule has 1 aliphatic carbocycles. The van der Waals surface area contributed by atoms with Crippen LogP contribution >= 0.6 is 0 Å². The van der Waals surface area contributed by atoms with Gasteiger partial charge in [-0.15, -0.1) is 0 Å². The van der Waals surface area contributed by atoms with E-state index in [1.165, 1.54) is 19.3 Å². The van der Waals surface area contributed by atoms with Crippen molar-refractivity contribution in [2.75, 3.05) is 26.8 Å². The van der Waals surface area contributed by atoms with E-state index in [-0.39, 0.29) is 5.54 Å². The van der Waals surface area contributed by atoms with Crippen molar-refractivity contribution >= 4 is 0 Å². The summed E-state index contributed by atoms with van der Waals surface area (Å²) in [7, 11) is 1.72. The Balaban J connectivity index is 2.11. The summed E-state index contributed by atoms with van der Waals surface area (Å²) in [5.74, 6) is 0. The number of ether oxygens (including phenoxy) is 1. The van der Waals surface area contributed by atoms with Gasteiger partial charge < -0.3 is 15.8 Å². The van der Waals surface area contributed by atoms with Crippen molar-refractivity contribution in [3.63, 3.8) is 0 Å². The van der Waals surface area contributed by atoms with Crippen molar-refractivity contribution in [2.45, 2.75) is 24.8 Å². The third-order valence-electron chi connectivity index (χ3n) is 2.51. The predicted molar refractivity (Wildman–Crippen MR) is 45.5 cm³/mol. The molecule has 0 unspecified atom stereocenters. The molecule has 1 aliphatic rings. The molecule has 0 aromatic heterocycles. The molecule has 3 N–H and O–H groups in total. The lowest BCUT2D eigenvalue weighted by molar-refractivity contribution is 0.150. The molecule has 0 amide bonds. The summed E-state index contributed by atoms with van der Waals surface area (Å²) < 4.78 is 4.95. The Morgan fingerprint density at radius 1 is 1.55 bits per heavy atom. The van der Waals surface area contributed by atoms with E-state index in [2.05, 4.69) is 5.32 Å². The summed E-state index contributed by atoms with van der Waals surface area (Å²) in [5, 5.41) is 3.43. The van der Waals surface area contributed by atoms with E-state index >= 15 is 0 Å². The van der Waals surface area contributed by atoms with Crippen LogP contribution in [0.5, 0.6) is 0 Å². The van der Waals surface area contributed by atoms with E-state index in [1.54, 1.807) is 7.11 Å². The molecular formula is C8H18N2O. The van der Waals surface area contributed by atoms with Crippen molar-refractivity contribution in [1.82, 2.24) is 5.32 Å². The van der Waals surface area contributed by atoms with Crippen molar-refractivity contribution in [1.29, 1.82) is 0 Å². The van der Waals surface area contributed by atoms with E-state index < -0.39 is 0 Å². The van der Waals surface area contributed by atoms with Crippen LogP contribution in [-0.2, 0) is 4.74 Å². The molecule has 1 fully saturated rings. The van der Waals surface area contributed by atoms with Gasteiger partial charge in [-0.2, -0.15) is 0 Å². The molecule has 0 saturated heterocycles. The molecule has 11 heavy (non-hydrogen) atoms. The highest BCUT2D eigenvalue weighted by Crippen LogP contribution is 2.30. The Bertz CT molecular complexity index is 107. The molecule has 0 aliphatic heterocycles. The number of hydrogen-bond acceptors (Lipinski definition) is 3. The van der Waals surface area contributed by atoms with Crippen LogP contribution in [0.3, 0.4) is 0 Å². The third kappa shape index (κ3) is 2.15. The smallest absolute Gasteiger partial charge is 0.0587 e. The molecule has 0 aromatic rings. The first kappa shape index (κ1) is 8.97. The number of nitrogens with two attached hydrogens (primary N) is 1. The van der Waals surface area contributed by atoms with E-state index in [0.29, 0.717) is 0 Å². The number of methoxy groups -OCH3 is 1. The third-order valence-corrected chi connectivity index (χ3v) is 2.51. The van der Waals surface area contributed by atoms with Crippen molar-refractivity contribution in [3.05, 3.63) is 0 Å². The van der Waals surface area contributed by atoms with Gasteiger partial charge in [0, 0.05) is 25.7 Å². The van der Waals surface area contributed by atoms with Crippen molar-refractivity contribution in [3.8, 4) is 0 Å². The van der Waals surface area contributed by atoms with Crippen LogP contribution in [0.25, 0.3) is 0 Å². The maximum atomic E-state index is 5.65. The van der Waals surface area contributed by atoms with E-state index in [4.69, 9.17) is 10.5 Å². The van der Waals surface area contributed by atoms with Crippen LogP contribution in [0.4, 0.5) is 0 Å². The highest BCUT2D eigenvalue weighted by molar-refractivity contribution is 4.96. The van der Waals surface area contributed by atoms with Crippen LogP contribution in [0.1, 0.15) is 19.3 Å². The summed E-state index contributed by atoms with van der Waals surface area (Å²) >= 11 is 0. The first-order chi connectivity index (χ1) is 5.33. The monoisotopic (exact) mass is 158 g/mol. The second-order valence-electron chi connectivity index (χ2n) is 3.26. The van der Waals surface area contributed by atoms with E-state index in [1.807, 2.05) is 0 Å². The minimum atomic E-state index is 0.262. The van der Waals surface area contributed by atoms with Gasteiger partial charge in [0.1, 0.15) is 0 Å². The predicted octanol–water partition coefficient (Wildman–Crippen LogP) is 0.104. The normalized spacial score (nSPS) is 21.3. The van der Waals surface area contributed by atoms with Crippen LogP contribution in [0, 0.1) is 0 Å². The van der Waals surface area contributed by atoms with Gasteiger partial charge in [-0.25, -0.2) is 0 Å². The maximum Gasteiger partial charge on any atom is 0.0587 e. The fourth-order valence-electron chi connectivity index (χ4n) is 1.47. The van der Waals surface area contributed by atoms with Gasteiger partial charge in [0.05, 0.1) is 6.61 Å². The summed E-state index contributed by atoms with van der Waals surface area (Å²) in [6, 6.07) is 0. The summed E-state index contributed by atoms with van der Waals surface area (Å²) in [6.07, 6.45) is 3.78. The first-order valence-electron chi connectivity index (χ1n) is 4.27. The average Bonchev–Trinajstić information content (AvgIpc) is 1.95. The zero-order chi connectivity index (χ0) is 8.16. The van der Waals surface area contributed by atoms with Crippen LogP contribution in [0.2, 0.25) is 0 Å². The topological polar surface area (TPSA) is 47.3 Å². The van der Waals surface area contributed by atoms with E-state index in [0.717, 1.165) is 19.7 Å². The fraction of sp³-hybridized carbons (Fsp3) is 1.00. The molecular weight excluding hydrogens is 140 g/mol. The highest BCUT2D eigenvalue weighted by atomic mass is 16.5. The van der Waals surface area contributed by atoms with Gasteiger partial charge in [0.2, 0.25) is 0 Å². The second-order valence-corrected chi connectivity index (χ2v) is 3.26. The van der Waals surface area contributed by atoms with Crippen LogP contribution in [0.15, 0.2) is 0 Å². The Morgan fingerprint density at radius 3 is 2.64 bits per heavy atom. The molecule has 0 atom stereocenters. The molecule has 1 rings (SSSR count). The minimum absolute atomic E-state index is 0.262. The summed E-state index contributed by atoms with van der Waals surface area (Å²) in [5.41, 5.74) is 5.91. The Morgan fingerprint density at radius 2 is 2.27 bits per heavy atom. The number of hydrogen-bond donors (Lipinski definition) is 2. The second kappa shape index (κ2) is 4.04. The van der Waals surface area contributed by atoms with Gasteiger partial charge >= 0.3 is 0 Å². The number of nitrogens with one attached hydrogen (secondary N) is 1. The molecule has 66 valence electrons. The standard InChI is InChI=1S/C8H18N2O/c1-11-6-5-10-8(7-9)3-2-4-8/h10H,2-7,9H2,1H3. The molecule has 0 heterocycles. The zero-order valence-corrected chi connectivity index (χ0v) is 7.23. The van der Waals surface area contributed by atoms with E-state index in [9.17, 15) is 0 Å². The van der Waals surface area contributed by atoms with Crippen molar-refractivity contribution in [2.24, 2.45) is 5.73 Å². The van der Waals surface area contributed by atoms with Gasteiger partial charge in [0.15, 0.2) is 0 Å². The van der Waals surface area contributed by atoms with Crippen LogP contribution in [-0.4, -0.2) is 32.3 Å². The summed E-state index contributed by atoms with van der Waals surface area (Å²) in [6.45, 7) is 2.46. The molecule has 0 spiro atoms. The zero-order valence-electron chi connectivity index (χ0n) is 7.23. The molecule has 0 radical (unpaired) electrons. The molecule has 1 saturated carbocycles. The van der Waals surface area contributed by atoms with Gasteiger partial charge in [0.25, 0.3) is 0 Å². The van der Waals surface area contributed by atoms with Crippen molar-refractivity contribution < 1.29 is 4.74 Å². The lowest BCUT2D eigenvalue weighted by Crippen LogP contribution is -2.56. The Hall–Kier alpha value is -0.120. The Labute approximate surface area is 68.3 Å². The quantitative estimate of drug-likeness (QED) is 0.558. The highest BCUT2D eigenvalue weighted by Gasteiger charge is 2.34. The molecule has 0 bridgehead atoms. The minimum Gasteiger partial charge on any atom is -0.383 e. The Kier molecular flexibility index (Phi) is 3.30. The van der Waals surface area contributed by atoms with Gasteiger partial charge in [-0.3, -0.25) is 0 Å². The average molecular weight is 158 g/mol. The van der Waals surface area contributed by atoms with Gasteiger partial charge in [-0.1, -0.05) is 0 Å². The number of rotatable bonds is 5. The lowest BCUT2D eigenvalue weighted by Gasteiger charge is -2.41. The molecule has 3 heteroatoms. The molecule has 3 nitrogen and oxygen atoms in total. The van der Waals surface area contributed by atoms with Crippen LogP contribution < -0.4 is 11.1 Å². The largest absolute Gasteiger partial charge is 0.383 e. The fourth-order valence-corrected chi connectivity index (χ4v) is 1.47. The summed E-state index contributed by atoms with van der Waals surface area (Å²) in [4.78, 5) is 0. The maximum absolute atomic E-state index is 5.65. The first-order valence-corrected chi connectivity index (χ1v) is 4.27.